The number of epoxide rings is 1. The summed E-state index contributed by atoms with van der Waals surface area (Å²) in [5.74, 6) is -0.199. The minimum Gasteiger partial charge on any atom is -0.362 e. The molecule has 86 valence electrons. The van der Waals surface area contributed by atoms with Gasteiger partial charge < -0.3 is 4.74 Å². The van der Waals surface area contributed by atoms with Crippen LogP contribution in [0, 0.1) is 11.7 Å². The van der Waals surface area contributed by atoms with Crippen molar-refractivity contribution in [2.75, 3.05) is 6.61 Å². The summed E-state index contributed by atoms with van der Waals surface area (Å²) < 4.78 is 17.8. The van der Waals surface area contributed by atoms with E-state index in [0.717, 1.165) is 5.56 Å². The fraction of sp³-hybridized carbons (Fsp3) is 0.462. The van der Waals surface area contributed by atoms with Crippen LogP contribution in [-0.2, 0) is 16.0 Å². The molecule has 2 atom stereocenters. The number of hydrogen-bond acceptors (Lipinski definition) is 2. The van der Waals surface area contributed by atoms with Crippen molar-refractivity contribution < 1.29 is 13.9 Å². The Morgan fingerprint density at radius 2 is 2.06 bits per heavy atom. The maximum absolute atomic E-state index is 12.7. The number of ketones is 1. The van der Waals surface area contributed by atoms with Crippen molar-refractivity contribution in [3.05, 3.63) is 35.6 Å². The summed E-state index contributed by atoms with van der Waals surface area (Å²) in [7, 11) is 0. The molecule has 0 spiro atoms. The second-order valence-corrected chi connectivity index (χ2v) is 4.62. The van der Waals surface area contributed by atoms with E-state index >= 15 is 0 Å². The maximum atomic E-state index is 12.7. The first-order valence-corrected chi connectivity index (χ1v) is 5.44. The molecule has 2 rings (SSSR count). The van der Waals surface area contributed by atoms with Crippen molar-refractivity contribution in [2.45, 2.75) is 25.9 Å². The van der Waals surface area contributed by atoms with Crippen molar-refractivity contribution >= 4 is 5.78 Å². The fourth-order valence-electron chi connectivity index (χ4n) is 1.84. The third kappa shape index (κ3) is 2.30. The molecule has 0 unspecified atom stereocenters. The number of benzene rings is 1. The second kappa shape index (κ2) is 3.98. The average molecular weight is 222 g/mol. The summed E-state index contributed by atoms with van der Waals surface area (Å²) in [6.07, 6.45) is 0.637. The number of hydrogen-bond donors (Lipinski definition) is 0. The predicted molar refractivity (Wildman–Crippen MR) is 58.6 cm³/mol. The van der Waals surface area contributed by atoms with E-state index in [4.69, 9.17) is 4.74 Å². The average Bonchev–Trinajstić information content (AvgIpc) is 3.00. The molecule has 0 amide bonds. The van der Waals surface area contributed by atoms with Crippen LogP contribution in [0.4, 0.5) is 4.39 Å². The Bertz CT molecular complexity index is 393. The van der Waals surface area contributed by atoms with Crippen molar-refractivity contribution in [1.29, 1.82) is 0 Å². The topological polar surface area (TPSA) is 29.6 Å². The van der Waals surface area contributed by atoms with E-state index < -0.39 is 5.60 Å². The number of ether oxygens (including phenoxy) is 1. The number of rotatable bonds is 4. The molecule has 0 aliphatic carbocycles. The van der Waals surface area contributed by atoms with Gasteiger partial charge in [0.25, 0.3) is 0 Å². The Labute approximate surface area is 94.4 Å². The molecule has 16 heavy (non-hydrogen) atoms. The van der Waals surface area contributed by atoms with Crippen molar-refractivity contribution in [3.8, 4) is 0 Å². The molecule has 0 N–H and O–H groups in total. The van der Waals surface area contributed by atoms with Crippen LogP contribution >= 0.6 is 0 Å². The highest BCUT2D eigenvalue weighted by molar-refractivity contribution is 5.91. The Kier molecular flexibility index (Phi) is 2.80. The van der Waals surface area contributed by atoms with E-state index in [1.54, 1.807) is 12.1 Å². The standard InChI is InChI=1S/C13H15FO2/c1-9(12(15)13(2)8-16-13)7-10-3-5-11(14)6-4-10/h3-6,9H,7-8H2,1-2H3/t9-,13+/m0/s1. The third-order valence-corrected chi connectivity index (χ3v) is 3.00. The van der Waals surface area contributed by atoms with E-state index in [-0.39, 0.29) is 17.5 Å². The molecule has 1 aliphatic heterocycles. The minimum absolute atomic E-state index is 0.0852. The van der Waals surface area contributed by atoms with E-state index in [2.05, 4.69) is 0 Å². The van der Waals surface area contributed by atoms with Crippen molar-refractivity contribution in [3.63, 3.8) is 0 Å². The van der Waals surface area contributed by atoms with E-state index in [9.17, 15) is 9.18 Å². The Balaban J connectivity index is 1.99. The lowest BCUT2D eigenvalue weighted by atomic mass is 9.90. The molecule has 2 nitrogen and oxygen atoms in total. The van der Waals surface area contributed by atoms with Gasteiger partial charge in [0.15, 0.2) is 5.78 Å². The van der Waals surface area contributed by atoms with Gasteiger partial charge in [0.2, 0.25) is 0 Å². The van der Waals surface area contributed by atoms with Gasteiger partial charge in [-0.1, -0.05) is 19.1 Å². The zero-order chi connectivity index (χ0) is 11.8. The van der Waals surface area contributed by atoms with Crippen LogP contribution in [0.15, 0.2) is 24.3 Å². The van der Waals surface area contributed by atoms with Crippen LogP contribution in [0.5, 0.6) is 0 Å². The number of carbonyl (C=O) groups is 1. The largest absolute Gasteiger partial charge is 0.362 e. The SMILES string of the molecule is C[C@@H](Cc1ccc(F)cc1)C(=O)[C@@]1(C)CO1. The molecule has 0 bridgehead atoms. The highest BCUT2D eigenvalue weighted by Crippen LogP contribution is 2.31. The van der Waals surface area contributed by atoms with Crippen LogP contribution in [0.2, 0.25) is 0 Å². The summed E-state index contributed by atoms with van der Waals surface area (Å²) in [4.78, 5) is 11.9. The van der Waals surface area contributed by atoms with Crippen LogP contribution < -0.4 is 0 Å². The van der Waals surface area contributed by atoms with Gasteiger partial charge in [-0.05, 0) is 31.0 Å². The second-order valence-electron chi connectivity index (χ2n) is 4.62. The number of Topliss-reactive ketones (excluding diaryl/α,β-unsaturated/α-hetero) is 1. The van der Waals surface area contributed by atoms with Crippen LogP contribution in [-0.4, -0.2) is 18.0 Å². The molecule has 1 aromatic rings. The highest BCUT2D eigenvalue weighted by Gasteiger charge is 2.48. The highest BCUT2D eigenvalue weighted by atomic mass is 19.1. The van der Waals surface area contributed by atoms with Gasteiger partial charge in [-0.2, -0.15) is 0 Å². The Morgan fingerprint density at radius 3 is 2.56 bits per heavy atom. The maximum Gasteiger partial charge on any atom is 0.169 e. The van der Waals surface area contributed by atoms with Gasteiger partial charge >= 0.3 is 0 Å². The van der Waals surface area contributed by atoms with E-state index in [1.165, 1.54) is 12.1 Å². The van der Waals surface area contributed by atoms with Gasteiger partial charge in [-0.15, -0.1) is 0 Å². The minimum atomic E-state index is -0.556. The molecule has 0 saturated carbocycles. The van der Waals surface area contributed by atoms with Gasteiger partial charge in [0.05, 0.1) is 6.61 Å². The Morgan fingerprint density at radius 1 is 1.50 bits per heavy atom. The summed E-state index contributed by atoms with van der Waals surface area (Å²) in [6.45, 7) is 4.23. The molecular formula is C13H15FO2. The summed E-state index contributed by atoms with van der Waals surface area (Å²) in [5, 5.41) is 0. The number of halogens is 1. The molecule has 1 fully saturated rings. The quantitative estimate of drug-likeness (QED) is 0.732. The van der Waals surface area contributed by atoms with Gasteiger partial charge in [-0.3, -0.25) is 4.79 Å². The van der Waals surface area contributed by atoms with Crippen LogP contribution in [0.25, 0.3) is 0 Å². The lowest BCUT2D eigenvalue weighted by Crippen LogP contribution is -2.28. The first-order valence-electron chi connectivity index (χ1n) is 5.44. The van der Waals surface area contributed by atoms with Crippen LogP contribution in [0.3, 0.4) is 0 Å². The van der Waals surface area contributed by atoms with Crippen molar-refractivity contribution in [2.24, 2.45) is 5.92 Å². The van der Waals surface area contributed by atoms with Gasteiger partial charge in [0, 0.05) is 5.92 Å². The smallest absolute Gasteiger partial charge is 0.169 e. The molecule has 1 aromatic carbocycles. The van der Waals surface area contributed by atoms with E-state index in [0.29, 0.717) is 13.0 Å². The molecule has 0 aromatic heterocycles. The van der Waals surface area contributed by atoms with Crippen molar-refractivity contribution in [1.82, 2.24) is 0 Å². The zero-order valence-electron chi connectivity index (χ0n) is 9.50. The molecule has 1 heterocycles. The third-order valence-electron chi connectivity index (χ3n) is 3.00. The van der Waals surface area contributed by atoms with Gasteiger partial charge in [-0.25, -0.2) is 4.39 Å². The van der Waals surface area contributed by atoms with Gasteiger partial charge in [0.1, 0.15) is 11.4 Å². The zero-order valence-corrected chi connectivity index (χ0v) is 9.50. The number of carbonyl (C=O) groups excluding carboxylic acids is 1. The Hall–Kier alpha value is -1.22. The monoisotopic (exact) mass is 222 g/mol. The lowest BCUT2D eigenvalue weighted by molar-refractivity contribution is -0.127. The first-order chi connectivity index (χ1) is 7.51. The molecule has 1 aliphatic rings. The molecule has 3 heteroatoms. The lowest BCUT2D eigenvalue weighted by Gasteiger charge is -2.12. The summed E-state index contributed by atoms with van der Waals surface area (Å²) in [5.41, 5.74) is 0.422. The fourth-order valence-corrected chi connectivity index (χ4v) is 1.84. The normalized spacial score (nSPS) is 25.2. The molecule has 0 radical (unpaired) electrons. The van der Waals surface area contributed by atoms with E-state index in [1.807, 2.05) is 13.8 Å². The first kappa shape index (κ1) is 11.3. The summed E-state index contributed by atoms with van der Waals surface area (Å²) in [6, 6.07) is 6.27. The predicted octanol–water partition coefficient (Wildman–Crippen LogP) is 2.36. The summed E-state index contributed by atoms with van der Waals surface area (Å²) >= 11 is 0. The molecule has 1 saturated heterocycles. The molecular weight excluding hydrogens is 207 g/mol. The van der Waals surface area contributed by atoms with Crippen LogP contribution in [0.1, 0.15) is 19.4 Å².